The van der Waals surface area contributed by atoms with Gasteiger partial charge in [-0.15, -0.1) is 0 Å². The average molecular weight is 259 g/mol. The first-order valence-corrected chi connectivity index (χ1v) is 7.51. The summed E-state index contributed by atoms with van der Waals surface area (Å²) in [5.41, 5.74) is 0. The molecular formula is C15H33NO2. The fraction of sp³-hybridized carbons (Fsp3) is 1.00. The minimum atomic E-state index is 0.573. The van der Waals surface area contributed by atoms with Crippen molar-refractivity contribution in [3.05, 3.63) is 0 Å². The van der Waals surface area contributed by atoms with Crippen LogP contribution in [0.2, 0.25) is 0 Å². The molecule has 0 unspecified atom stereocenters. The Kier molecular flexibility index (Phi) is 13.2. The standard InChI is InChI=1S/C15H33NO2/c1-14(2)8-5-10-17-12-7-13-18-11-6-9-16-15(3)4/h14-16H,5-13H2,1-4H3. The largest absolute Gasteiger partial charge is 0.381 e. The predicted molar refractivity (Wildman–Crippen MR) is 78.1 cm³/mol. The molecule has 0 aliphatic carbocycles. The monoisotopic (exact) mass is 259 g/mol. The molecule has 0 aromatic rings. The summed E-state index contributed by atoms with van der Waals surface area (Å²) in [6.07, 6.45) is 4.55. The molecule has 0 rings (SSSR count). The van der Waals surface area contributed by atoms with Crippen LogP contribution in [0.4, 0.5) is 0 Å². The predicted octanol–water partition coefficient (Wildman–Crippen LogP) is 3.23. The number of hydrogen-bond acceptors (Lipinski definition) is 3. The van der Waals surface area contributed by atoms with E-state index < -0.39 is 0 Å². The van der Waals surface area contributed by atoms with Gasteiger partial charge in [0, 0.05) is 32.5 Å². The zero-order valence-corrected chi connectivity index (χ0v) is 12.8. The molecule has 3 heteroatoms. The maximum absolute atomic E-state index is 5.55. The van der Waals surface area contributed by atoms with Gasteiger partial charge < -0.3 is 14.8 Å². The lowest BCUT2D eigenvalue weighted by atomic mass is 10.1. The lowest BCUT2D eigenvalue weighted by Gasteiger charge is -2.08. The van der Waals surface area contributed by atoms with E-state index in [0.717, 1.165) is 51.7 Å². The van der Waals surface area contributed by atoms with E-state index in [1.807, 2.05) is 0 Å². The molecular weight excluding hydrogens is 226 g/mol. The maximum Gasteiger partial charge on any atom is 0.0487 e. The molecule has 0 saturated heterocycles. The van der Waals surface area contributed by atoms with Gasteiger partial charge in [0.15, 0.2) is 0 Å². The summed E-state index contributed by atoms with van der Waals surface area (Å²) in [5.74, 6) is 0.788. The summed E-state index contributed by atoms with van der Waals surface area (Å²) in [7, 11) is 0. The molecule has 3 nitrogen and oxygen atoms in total. The van der Waals surface area contributed by atoms with Gasteiger partial charge in [0.1, 0.15) is 0 Å². The molecule has 0 bridgehead atoms. The molecule has 0 aliphatic rings. The van der Waals surface area contributed by atoms with Crippen molar-refractivity contribution in [3.63, 3.8) is 0 Å². The third-order valence-electron chi connectivity index (χ3n) is 2.67. The first-order chi connectivity index (χ1) is 8.63. The van der Waals surface area contributed by atoms with Crippen molar-refractivity contribution in [2.24, 2.45) is 5.92 Å². The molecule has 0 fully saturated rings. The number of rotatable bonds is 13. The molecule has 0 radical (unpaired) electrons. The van der Waals surface area contributed by atoms with Crippen LogP contribution < -0.4 is 5.32 Å². The zero-order valence-electron chi connectivity index (χ0n) is 12.8. The van der Waals surface area contributed by atoms with E-state index in [2.05, 4.69) is 33.0 Å². The number of hydrogen-bond donors (Lipinski definition) is 1. The fourth-order valence-electron chi connectivity index (χ4n) is 1.63. The van der Waals surface area contributed by atoms with Crippen LogP contribution in [-0.2, 0) is 9.47 Å². The van der Waals surface area contributed by atoms with Crippen LogP contribution in [0.5, 0.6) is 0 Å². The molecule has 0 aromatic carbocycles. The molecule has 0 aromatic heterocycles. The van der Waals surface area contributed by atoms with Crippen LogP contribution in [0, 0.1) is 5.92 Å². The summed E-state index contributed by atoms with van der Waals surface area (Å²) in [4.78, 5) is 0. The lowest BCUT2D eigenvalue weighted by Crippen LogP contribution is -2.24. The van der Waals surface area contributed by atoms with Gasteiger partial charge in [0.2, 0.25) is 0 Å². The number of nitrogens with one attached hydrogen (secondary N) is 1. The fourth-order valence-corrected chi connectivity index (χ4v) is 1.63. The normalized spacial score (nSPS) is 11.7. The minimum absolute atomic E-state index is 0.573. The highest BCUT2D eigenvalue weighted by Crippen LogP contribution is 2.03. The van der Waals surface area contributed by atoms with Crippen LogP contribution in [0.3, 0.4) is 0 Å². The molecule has 0 aliphatic heterocycles. The SMILES string of the molecule is CC(C)CCCOCCCOCCCNC(C)C. The van der Waals surface area contributed by atoms with E-state index in [9.17, 15) is 0 Å². The Morgan fingerprint density at radius 1 is 0.778 bits per heavy atom. The Hall–Kier alpha value is -0.120. The second kappa shape index (κ2) is 13.3. The van der Waals surface area contributed by atoms with Crippen LogP contribution in [0.25, 0.3) is 0 Å². The van der Waals surface area contributed by atoms with Crippen molar-refractivity contribution >= 4 is 0 Å². The Labute approximate surface area is 114 Å². The van der Waals surface area contributed by atoms with Crippen molar-refractivity contribution in [1.29, 1.82) is 0 Å². The van der Waals surface area contributed by atoms with Crippen LogP contribution in [-0.4, -0.2) is 39.0 Å². The molecule has 0 atom stereocenters. The van der Waals surface area contributed by atoms with Crippen molar-refractivity contribution in [2.45, 2.75) is 59.4 Å². The highest BCUT2D eigenvalue weighted by molar-refractivity contribution is 4.51. The van der Waals surface area contributed by atoms with Gasteiger partial charge in [-0.3, -0.25) is 0 Å². The van der Waals surface area contributed by atoms with Crippen molar-refractivity contribution in [3.8, 4) is 0 Å². The van der Waals surface area contributed by atoms with E-state index in [-0.39, 0.29) is 0 Å². The number of ether oxygens (including phenoxy) is 2. The molecule has 110 valence electrons. The minimum Gasteiger partial charge on any atom is -0.381 e. The van der Waals surface area contributed by atoms with Gasteiger partial charge in [-0.25, -0.2) is 0 Å². The van der Waals surface area contributed by atoms with E-state index >= 15 is 0 Å². The van der Waals surface area contributed by atoms with Crippen molar-refractivity contribution in [1.82, 2.24) is 5.32 Å². The third kappa shape index (κ3) is 15.9. The van der Waals surface area contributed by atoms with Crippen molar-refractivity contribution < 1.29 is 9.47 Å². The third-order valence-corrected chi connectivity index (χ3v) is 2.67. The van der Waals surface area contributed by atoms with E-state index in [1.54, 1.807) is 0 Å². The van der Waals surface area contributed by atoms with Gasteiger partial charge in [0.05, 0.1) is 0 Å². The summed E-state index contributed by atoms with van der Waals surface area (Å²) < 4.78 is 11.1. The smallest absolute Gasteiger partial charge is 0.0487 e. The van der Waals surface area contributed by atoms with Crippen LogP contribution >= 0.6 is 0 Å². The maximum atomic E-state index is 5.55. The van der Waals surface area contributed by atoms with E-state index in [1.165, 1.54) is 12.8 Å². The Bertz CT molecular complexity index is 143. The molecule has 0 amide bonds. The Morgan fingerprint density at radius 2 is 1.33 bits per heavy atom. The highest BCUT2D eigenvalue weighted by atomic mass is 16.5. The topological polar surface area (TPSA) is 30.5 Å². The van der Waals surface area contributed by atoms with Crippen molar-refractivity contribution in [2.75, 3.05) is 33.0 Å². The molecule has 0 saturated carbocycles. The molecule has 0 spiro atoms. The summed E-state index contributed by atoms with van der Waals surface area (Å²) in [6.45, 7) is 13.3. The van der Waals surface area contributed by atoms with Gasteiger partial charge in [-0.1, -0.05) is 27.7 Å². The van der Waals surface area contributed by atoms with Crippen LogP contribution in [0.1, 0.15) is 53.4 Å². The van der Waals surface area contributed by atoms with Crippen LogP contribution in [0.15, 0.2) is 0 Å². The summed E-state index contributed by atoms with van der Waals surface area (Å²) in [5, 5.41) is 3.38. The Morgan fingerprint density at radius 3 is 1.89 bits per heavy atom. The van der Waals surface area contributed by atoms with E-state index in [4.69, 9.17) is 9.47 Å². The van der Waals surface area contributed by atoms with Gasteiger partial charge >= 0.3 is 0 Å². The highest BCUT2D eigenvalue weighted by Gasteiger charge is 1.95. The van der Waals surface area contributed by atoms with E-state index in [0.29, 0.717) is 6.04 Å². The molecule has 1 N–H and O–H groups in total. The van der Waals surface area contributed by atoms with Gasteiger partial charge in [-0.05, 0) is 38.1 Å². The first kappa shape index (κ1) is 17.9. The summed E-state index contributed by atoms with van der Waals surface area (Å²) in [6, 6.07) is 0.573. The zero-order chi connectivity index (χ0) is 13.6. The Balaban J connectivity index is 2.95. The lowest BCUT2D eigenvalue weighted by molar-refractivity contribution is 0.0793. The second-order valence-electron chi connectivity index (χ2n) is 5.58. The quantitative estimate of drug-likeness (QED) is 0.515. The molecule has 0 heterocycles. The van der Waals surface area contributed by atoms with Gasteiger partial charge in [-0.2, -0.15) is 0 Å². The molecule has 18 heavy (non-hydrogen) atoms. The second-order valence-corrected chi connectivity index (χ2v) is 5.58. The van der Waals surface area contributed by atoms with Gasteiger partial charge in [0.25, 0.3) is 0 Å². The average Bonchev–Trinajstić information content (AvgIpc) is 2.29. The summed E-state index contributed by atoms with van der Waals surface area (Å²) >= 11 is 0. The first-order valence-electron chi connectivity index (χ1n) is 7.51.